The van der Waals surface area contributed by atoms with E-state index >= 15 is 0 Å². The van der Waals surface area contributed by atoms with E-state index in [1.165, 1.54) is 33.9 Å². The molecular formula is C31H40N2O2. The Bertz CT molecular complexity index is 1200. The maximum absolute atomic E-state index is 12.4. The summed E-state index contributed by atoms with van der Waals surface area (Å²) in [7, 11) is 3.75. The van der Waals surface area contributed by atoms with Gasteiger partial charge >= 0.3 is 0 Å². The minimum absolute atomic E-state index is 0.0561. The molecular weight excluding hydrogens is 432 g/mol. The number of nitrogens with one attached hydrogen (secondary N) is 1. The largest absolute Gasteiger partial charge is 0.393 e. The highest BCUT2D eigenvalue weighted by molar-refractivity contribution is 5.95. The fourth-order valence-electron chi connectivity index (χ4n) is 8.75. The van der Waals surface area contributed by atoms with Crippen LogP contribution in [-0.4, -0.2) is 41.0 Å². The molecule has 4 heteroatoms. The number of benzene rings is 1. The van der Waals surface area contributed by atoms with Gasteiger partial charge in [0.15, 0.2) is 0 Å². The van der Waals surface area contributed by atoms with Gasteiger partial charge in [-0.3, -0.25) is 4.98 Å². The average Bonchev–Trinajstić information content (AvgIpc) is 3.42. The van der Waals surface area contributed by atoms with Crippen LogP contribution in [0.5, 0.6) is 0 Å². The summed E-state index contributed by atoms with van der Waals surface area (Å²) in [6.45, 7) is 2.39. The molecule has 3 saturated carbocycles. The van der Waals surface area contributed by atoms with E-state index in [9.17, 15) is 10.2 Å². The van der Waals surface area contributed by atoms with Gasteiger partial charge in [-0.15, -0.1) is 0 Å². The zero-order valence-electron chi connectivity index (χ0n) is 21.4. The van der Waals surface area contributed by atoms with E-state index in [0.717, 1.165) is 44.9 Å². The molecule has 2 aromatic rings. The van der Waals surface area contributed by atoms with Crippen molar-refractivity contribution < 1.29 is 10.2 Å². The Kier molecular flexibility index (Phi) is 5.52. The molecule has 1 spiro atoms. The van der Waals surface area contributed by atoms with Crippen molar-refractivity contribution in [2.75, 3.05) is 14.1 Å². The van der Waals surface area contributed by atoms with E-state index in [1.54, 1.807) is 0 Å². The molecule has 5 aliphatic rings. The first kappa shape index (κ1) is 23.4. The second-order valence-corrected chi connectivity index (χ2v) is 12.2. The molecule has 6 unspecified atom stereocenters. The highest BCUT2D eigenvalue weighted by Gasteiger charge is 2.68. The van der Waals surface area contributed by atoms with Gasteiger partial charge in [0.05, 0.1) is 11.7 Å². The number of pyridine rings is 1. The van der Waals surface area contributed by atoms with Crippen LogP contribution in [0, 0.1) is 28.6 Å². The third-order valence-electron chi connectivity index (χ3n) is 10.4. The maximum Gasteiger partial charge on any atom is 0.0899 e. The third kappa shape index (κ3) is 3.33. The van der Waals surface area contributed by atoms with Crippen molar-refractivity contribution in [1.82, 2.24) is 10.3 Å². The van der Waals surface area contributed by atoms with E-state index in [4.69, 9.17) is 0 Å². The van der Waals surface area contributed by atoms with Crippen LogP contribution < -0.4 is 5.32 Å². The number of fused-ring (bicyclic) bond motifs is 5. The molecule has 7 atom stereocenters. The standard InChI is InChI=1S/C29H33NO2.C2H7N/c1-27-12-10-24-25-16-28(25)15-20(31)6-5-19(28)9-13-29(24,32)26(27)8-7-23(27)21-4-2-3-18-11-14-30-17-22(18)21;1-3-2/h2-4,7,10-11,14,17,19-20,25-26,31-32H,5-6,8-9,12-13,15-16H2,1H3;3H,1-2H3/t19?,20?,25?,26?,27?,28?,29-;/m1./s1. The quantitative estimate of drug-likeness (QED) is 0.480. The number of aromatic nitrogens is 1. The number of nitrogens with zero attached hydrogens (tertiary/aromatic N) is 1. The summed E-state index contributed by atoms with van der Waals surface area (Å²) >= 11 is 0. The molecule has 186 valence electrons. The van der Waals surface area contributed by atoms with Crippen LogP contribution in [0.3, 0.4) is 0 Å². The smallest absolute Gasteiger partial charge is 0.0899 e. The number of rotatable bonds is 1. The van der Waals surface area contributed by atoms with Crippen LogP contribution in [-0.2, 0) is 0 Å². The molecule has 0 radical (unpaired) electrons. The van der Waals surface area contributed by atoms with Crippen LogP contribution in [0.15, 0.2) is 54.4 Å². The van der Waals surface area contributed by atoms with E-state index < -0.39 is 5.60 Å². The van der Waals surface area contributed by atoms with Crippen molar-refractivity contribution in [3.63, 3.8) is 0 Å². The van der Waals surface area contributed by atoms with Crippen molar-refractivity contribution in [2.45, 2.75) is 70.0 Å². The summed E-state index contributed by atoms with van der Waals surface area (Å²) in [4.78, 5) is 4.42. The fourth-order valence-corrected chi connectivity index (χ4v) is 8.75. The summed E-state index contributed by atoms with van der Waals surface area (Å²) in [5.41, 5.74) is 3.54. The molecule has 1 aromatic heterocycles. The molecule has 3 fully saturated rings. The van der Waals surface area contributed by atoms with E-state index in [2.05, 4.69) is 53.6 Å². The lowest BCUT2D eigenvalue weighted by molar-refractivity contribution is -0.0389. The van der Waals surface area contributed by atoms with Crippen LogP contribution in [0.1, 0.15) is 63.9 Å². The monoisotopic (exact) mass is 472 g/mol. The Balaban J connectivity index is 0.000000727. The van der Waals surface area contributed by atoms with Crippen molar-refractivity contribution in [1.29, 1.82) is 0 Å². The van der Waals surface area contributed by atoms with Gasteiger partial charge in [0, 0.05) is 29.1 Å². The summed E-state index contributed by atoms with van der Waals surface area (Å²) in [6, 6.07) is 8.65. The second kappa shape index (κ2) is 8.26. The molecule has 5 aliphatic carbocycles. The molecule has 1 aromatic carbocycles. The summed E-state index contributed by atoms with van der Waals surface area (Å²) in [5.74, 6) is 1.40. The molecule has 0 amide bonds. The normalized spacial score (nSPS) is 41.2. The molecule has 1 heterocycles. The fraction of sp³-hybridized carbons (Fsp3) is 0.581. The summed E-state index contributed by atoms with van der Waals surface area (Å²) < 4.78 is 0. The van der Waals surface area contributed by atoms with Gasteiger partial charge in [-0.2, -0.15) is 0 Å². The van der Waals surface area contributed by atoms with Gasteiger partial charge in [0.1, 0.15) is 0 Å². The van der Waals surface area contributed by atoms with Gasteiger partial charge in [-0.1, -0.05) is 37.3 Å². The molecule has 0 aliphatic heterocycles. The zero-order valence-corrected chi connectivity index (χ0v) is 21.4. The van der Waals surface area contributed by atoms with Crippen LogP contribution in [0.2, 0.25) is 0 Å². The highest BCUT2D eigenvalue weighted by atomic mass is 16.3. The van der Waals surface area contributed by atoms with Gasteiger partial charge in [0.25, 0.3) is 0 Å². The zero-order chi connectivity index (χ0) is 24.4. The van der Waals surface area contributed by atoms with Gasteiger partial charge in [-0.05, 0) is 111 Å². The molecule has 3 N–H and O–H groups in total. The molecule has 7 rings (SSSR count). The second-order valence-electron chi connectivity index (χ2n) is 12.2. The first-order valence-corrected chi connectivity index (χ1v) is 13.6. The Morgan fingerprint density at radius 2 is 1.89 bits per heavy atom. The summed E-state index contributed by atoms with van der Waals surface area (Å²) in [6.07, 6.45) is 16.7. The first-order chi connectivity index (χ1) is 16.9. The Morgan fingerprint density at radius 1 is 1.06 bits per heavy atom. The first-order valence-electron chi connectivity index (χ1n) is 13.6. The van der Waals surface area contributed by atoms with Crippen molar-refractivity contribution >= 4 is 16.3 Å². The lowest BCUT2D eigenvalue weighted by Gasteiger charge is -2.49. The Morgan fingerprint density at radius 3 is 2.71 bits per heavy atom. The van der Waals surface area contributed by atoms with E-state index in [-0.39, 0.29) is 22.9 Å². The lowest BCUT2D eigenvalue weighted by atomic mass is 9.57. The third-order valence-corrected chi connectivity index (χ3v) is 10.4. The molecule has 0 bridgehead atoms. The lowest BCUT2D eigenvalue weighted by Crippen LogP contribution is -2.49. The number of aliphatic hydroxyl groups is 2. The van der Waals surface area contributed by atoms with Gasteiger partial charge in [-0.25, -0.2) is 0 Å². The minimum Gasteiger partial charge on any atom is -0.393 e. The number of hydrogen-bond acceptors (Lipinski definition) is 4. The van der Waals surface area contributed by atoms with E-state index in [0.29, 0.717) is 11.8 Å². The molecule has 35 heavy (non-hydrogen) atoms. The highest BCUT2D eigenvalue weighted by Crippen LogP contribution is 2.74. The van der Waals surface area contributed by atoms with E-state index in [1.807, 2.05) is 26.5 Å². The maximum atomic E-state index is 12.4. The average molecular weight is 473 g/mol. The molecule has 0 saturated heterocycles. The molecule has 4 nitrogen and oxygen atoms in total. The predicted molar refractivity (Wildman–Crippen MR) is 142 cm³/mol. The van der Waals surface area contributed by atoms with Gasteiger partial charge < -0.3 is 15.5 Å². The number of allylic oxidation sites excluding steroid dienone is 3. The SMILES string of the molecule is CC12CC=C3C4CC45CC(O)CCC5CC[C@]3(O)C1CC=C2c1cccc2ccncc12.CNC. The van der Waals surface area contributed by atoms with Crippen molar-refractivity contribution in [2.24, 2.45) is 28.6 Å². The summed E-state index contributed by atoms with van der Waals surface area (Å²) in [5, 5.41) is 28.0. The van der Waals surface area contributed by atoms with Crippen LogP contribution in [0.25, 0.3) is 16.3 Å². The van der Waals surface area contributed by atoms with Crippen molar-refractivity contribution in [3.05, 3.63) is 59.9 Å². The minimum atomic E-state index is -0.704. The number of hydrogen-bond donors (Lipinski definition) is 3. The van der Waals surface area contributed by atoms with Gasteiger partial charge in [0.2, 0.25) is 0 Å². The predicted octanol–water partition coefficient (Wildman–Crippen LogP) is 5.50. The van der Waals surface area contributed by atoms with Crippen LogP contribution in [0.4, 0.5) is 0 Å². The number of aliphatic hydroxyl groups excluding tert-OH is 1. The van der Waals surface area contributed by atoms with Crippen molar-refractivity contribution in [3.8, 4) is 0 Å². The Labute approximate surface area is 209 Å². The van der Waals surface area contributed by atoms with Crippen LogP contribution >= 0.6 is 0 Å². The Hall–Kier alpha value is -2.01. The topological polar surface area (TPSA) is 65.4 Å².